The van der Waals surface area contributed by atoms with Crippen LogP contribution in [-0.4, -0.2) is 29.5 Å². The monoisotopic (exact) mass is 159 g/mol. The van der Waals surface area contributed by atoms with E-state index >= 15 is 0 Å². The molecule has 1 fully saturated rings. The highest BCUT2D eigenvalue weighted by Gasteiger charge is 2.31. The molecule has 3 nitrogen and oxygen atoms in total. The van der Waals surface area contributed by atoms with E-state index in [1.807, 2.05) is 0 Å². The van der Waals surface area contributed by atoms with Gasteiger partial charge in [-0.2, -0.15) is 0 Å². The third-order valence-corrected chi connectivity index (χ3v) is 2.10. The van der Waals surface area contributed by atoms with Gasteiger partial charge in [0.2, 0.25) is 0 Å². The van der Waals surface area contributed by atoms with E-state index in [0.717, 1.165) is 12.8 Å². The summed E-state index contributed by atoms with van der Waals surface area (Å²) in [5.74, 6) is 0. The van der Waals surface area contributed by atoms with E-state index in [-0.39, 0.29) is 12.1 Å². The van der Waals surface area contributed by atoms with Crippen LogP contribution in [-0.2, 0) is 4.74 Å². The van der Waals surface area contributed by atoms with Gasteiger partial charge in [0.25, 0.3) is 0 Å². The van der Waals surface area contributed by atoms with Crippen LogP contribution in [0.5, 0.6) is 0 Å². The minimum atomic E-state index is -0.722. The van der Waals surface area contributed by atoms with Gasteiger partial charge in [-0.1, -0.05) is 0 Å². The summed E-state index contributed by atoms with van der Waals surface area (Å²) in [6.07, 6.45) is 1.78. The van der Waals surface area contributed by atoms with Crippen molar-refractivity contribution >= 4 is 0 Å². The van der Waals surface area contributed by atoms with Gasteiger partial charge in [0.15, 0.2) is 0 Å². The standard InChI is InChI=1S/C8H17NO2/c1-8(2,10)7-4-3-6(9)5-11-7/h6-7,10H,3-5,9H2,1-2H3/t6-,7+/m0/s1. The molecule has 66 valence electrons. The average Bonchev–Trinajstić information content (AvgIpc) is 1.86. The molecule has 0 bridgehead atoms. The first-order valence-electron chi connectivity index (χ1n) is 4.09. The predicted octanol–water partition coefficient (Wildman–Crippen LogP) is 0.264. The van der Waals surface area contributed by atoms with Crippen LogP contribution in [0.15, 0.2) is 0 Å². The zero-order valence-electron chi connectivity index (χ0n) is 7.21. The topological polar surface area (TPSA) is 55.5 Å². The molecule has 1 aliphatic rings. The van der Waals surface area contributed by atoms with Crippen molar-refractivity contribution in [3.8, 4) is 0 Å². The van der Waals surface area contributed by atoms with Crippen LogP contribution in [0.3, 0.4) is 0 Å². The highest BCUT2D eigenvalue weighted by atomic mass is 16.5. The maximum absolute atomic E-state index is 9.56. The van der Waals surface area contributed by atoms with E-state index in [1.54, 1.807) is 13.8 Å². The van der Waals surface area contributed by atoms with Crippen LogP contribution < -0.4 is 5.73 Å². The smallest absolute Gasteiger partial charge is 0.0857 e. The highest BCUT2D eigenvalue weighted by Crippen LogP contribution is 2.22. The Bertz CT molecular complexity index is 123. The van der Waals surface area contributed by atoms with Crippen LogP contribution in [0.2, 0.25) is 0 Å². The molecule has 0 aliphatic carbocycles. The van der Waals surface area contributed by atoms with Gasteiger partial charge >= 0.3 is 0 Å². The highest BCUT2D eigenvalue weighted by molar-refractivity contribution is 4.83. The first kappa shape index (κ1) is 8.97. The predicted molar refractivity (Wildman–Crippen MR) is 43.2 cm³/mol. The lowest BCUT2D eigenvalue weighted by Crippen LogP contribution is -2.45. The number of ether oxygens (including phenoxy) is 1. The Morgan fingerprint density at radius 2 is 2.09 bits per heavy atom. The molecular weight excluding hydrogens is 142 g/mol. The molecule has 3 N–H and O–H groups in total. The number of hydrogen-bond donors (Lipinski definition) is 2. The van der Waals surface area contributed by atoms with Crippen molar-refractivity contribution in [1.29, 1.82) is 0 Å². The van der Waals surface area contributed by atoms with Gasteiger partial charge in [0, 0.05) is 6.04 Å². The number of nitrogens with two attached hydrogens (primary N) is 1. The molecule has 0 aromatic rings. The number of aliphatic hydroxyl groups is 1. The fourth-order valence-corrected chi connectivity index (χ4v) is 1.33. The molecule has 1 rings (SSSR count). The minimum Gasteiger partial charge on any atom is -0.388 e. The van der Waals surface area contributed by atoms with Crippen LogP contribution in [0.25, 0.3) is 0 Å². The van der Waals surface area contributed by atoms with E-state index in [4.69, 9.17) is 10.5 Å². The lowest BCUT2D eigenvalue weighted by atomic mass is 9.93. The summed E-state index contributed by atoms with van der Waals surface area (Å²) in [5, 5.41) is 9.56. The maximum Gasteiger partial charge on any atom is 0.0857 e. The fourth-order valence-electron chi connectivity index (χ4n) is 1.33. The molecule has 1 saturated heterocycles. The molecule has 0 aromatic heterocycles. The molecule has 0 saturated carbocycles. The number of hydrogen-bond acceptors (Lipinski definition) is 3. The Balaban J connectivity index is 2.39. The fraction of sp³-hybridized carbons (Fsp3) is 1.00. The third-order valence-electron chi connectivity index (χ3n) is 2.10. The summed E-state index contributed by atoms with van der Waals surface area (Å²) in [4.78, 5) is 0. The molecule has 11 heavy (non-hydrogen) atoms. The molecule has 1 aliphatic heterocycles. The largest absolute Gasteiger partial charge is 0.388 e. The second-order valence-corrected chi connectivity index (χ2v) is 3.81. The molecule has 0 unspecified atom stereocenters. The molecule has 3 heteroatoms. The molecule has 0 aromatic carbocycles. The van der Waals surface area contributed by atoms with E-state index in [1.165, 1.54) is 0 Å². The molecule has 1 heterocycles. The average molecular weight is 159 g/mol. The number of rotatable bonds is 1. The summed E-state index contributed by atoms with van der Waals surface area (Å²) in [6, 6.07) is 0.161. The Labute approximate surface area is 67.5 Å². The molecule has 0 radical (unpaired) electrons. The Hall–Kier alpha value is -0.120. The Morgan fingerprint density at radius 1 is 1.45 bits per heavy atom. The summed E-state index contributed by atoms with van der Waals surface area (Å²) in [6.45, 7) is 4.12. The summed E-state index contributed by atoms with van der Waals surface area (Å²) < 4.78 is 5.38. The quantitative estimate of drug-likeness (QED) is 0.577. The van der Waals surface area contributed by atoms with Crippen molar-refractivity contribution in [2.24, 2.45) is 5.73 Å². The van der Waals surface area contributed by atoms with Gasteiger partial charge in [0.1, 0.15) is 0 Å². The van der Waals surface area contributed by atoms with Crippen LogP contribution in [0.1, 0.15) is 26.7 Å². The van der Waals surface area contributed by atoms with Crippen LogP contribution in [0.4, 0.5) is 0 Å². The van der Waals surface area contributed by atoms with Gasteiger partial charge in [-0.05, 0) is 26.7 Å². The third kappa shape index (κ3) is 2.43. The van der Waals surface area contributed by atoms with E-state index < -0.39 is 5.60 Å². The Morgan fingerprint density at radius 3 is 2.45 bits per heavy atom. The maximum atomic E-state index is 9.56. The lowest BCUT2D eigenvalue weighted by molar-refractivity contribution is -0.112. The van der Waals surface area contributed by atoms with Crippen LogP contribution >= 0.6 is 0 Å². The first-order chi connectivity index (χ1) is 5.00. The SMILES string of the molecule is CC(C)(O)[C@H]1CC[C@H](N)CO1. The van der Waals surface area contributed by atoms with Gasteiger partial charge in [-0.3, -0.25) is 0 Å². The van der Waals surface area contributed by atoms with Gasteiger partial charge in [0.05, 0.1) is 18.3 Å². The van der Waals surface area contributed by atoms with Gasteiger partial charge in [-0.15, -0.1) is 0 Å². The normalized spacial score (nSPS) is 33.8. The van der Waals surface area contributed by atoms with Crippen molar-refractivity contribution in [1.82, 2.24) is 0 Å². The minimum absolute atomic E-state index is 0.0395. The molecule has 0 amide bonds. The van der Waals surface area contributed by atoms with Crippen molar-refractivity contribution in [3.05, 3.63) is 0 Å². The van der Waals surface area contributed by atoms with E-state index in [0.29, 0.717) is 6.61 Å². The summed E-state index contributed by atoms with van der Waals surface area (Å²) in [7, 11) is 0. The molecular formula is C8H17NO2. The second-order valence-electron chi connectivity index (χ2n) is 3.81. The molecule has 2 atom stereocenters. The molecule has 0 spiro atoms. The first-order valence-corrected chi connectivity index (χ1v) is 4.09. The zero-order valence-corrected chi connectivity index (χ0v) is 7.21. The van der Waals surface area contributed by atoms with Crippen molar-refractivity contribution in [3.63, 3.8) is 0 Å². The second kappa shape index (κ2) is 3.09. The van der Waals surface area contributed by atoms with Crippen molar-refractivity contribution in [2.45, 2.75) is 44.4 Å². The van der Waals surface area contributed by atoms with E-state index in [9.17, 15) is 5.11 Å². The van der Waals surface area contributed by atoms with E-state index in [2.05, 4.69) is 0 Å². The lowest BCUT2D eigenvalue weighted by Gasteiger charge is -2.34. The van der Waals surface area contributed by atoms with Gasteiger partial charge in [-0.25, -0.2) is 0 Å². The van der Waals surface area contributed by atoms with Crippen molar-refractivity contribution in [2.75, 3.05) is 6.61 Å². The zero-order chi connectivity index (χ0) is 8.48. The van der Waals surface area contributed by atoms with Crippen molar-refractivity contribution < 1.29 is 9.84 Å². The summed E-state index contributed by atoms with van der Waals surface area (Å²) in [5.41, 5.74) is 4.91. The van der Waals surface area contributed by atoms with Crippen LogP contribution in [0, 0.1) is 0 Å². The van der Waals surface area contributed by atoms with Gasteiger partial charge < -0.3 is 15.6 Å². The Kier molecular flexibility index (Phi) is 2.52. The summed E-state index contributed by atoms with van der Waals surface area (Å²) >= 11 is 0.